The van der Waals surface area contributed by atoms with Crippen molar-refractivity contribution in [1.82, 2.24) is 14.5 Å². The molecule has 0 unspecified atom stereocenters. The van der Waals surface area contributed by atoms with E-state index in [2.05, 4.69) is 9.55 Å². The number of rotatable bonds is 5. The fourth-order valence-corrected chi connectivity index (χ4v) is 4.61. The Morgan fingerprint density at radius 2 is 1.97 bits per heavy atom. The third kappa shape index (κ3) is 4.12. The van der Waals surface area contributed by atoms with Crippen molar-refractivity contribution in [2.75, 3.05) is 13.1 Å². The maximum Gasteiger partial charge on any atom is 0.224 e. The van der Waals surface area contributed by atoms with Crippen molar-refractivity contribution < 1.29 is 9.59 Å². The molecule has 0 aliphatic carbocycles. The van der Waals surface area contributed by atoms with E-state index in [1.54, 1.807) is 12.1 Å². The molecule has 4 rings (SSSR count). The summed E-state index contributed by atoms with van der Waals surface area (Å²) in [6.45, 7) is 5.67. The molecule has 1 amide bonds. The second-order valence-corrected chi connectivity index (χ2v) is 8.49. The number of carbonyl (C=O) groups is 2. The Hall–Kier alpha value is -2.66. The highest BCUT2D eigenvalue weighted by Crippen LogP contribution is 2.25. The molecule has 1 saturated heterocycles. The number of halogens is 1. The predicted octanol–water partition coefficient (Wildman–Crippen LogP) is 4.82. The van der Waals surface area contributed by atoms with Crippen molar-refractivity contribution in [3.8, 4) is 0 Å². The fourth-order valence-electron chi connectivity index (χ4n) is 4.38. The first-order valence-electron chi connectivity index (χ1n) is 10.4. The van der Waals surface area contributed by atoms with Gasteiger partial charge in [-0.25, -0.2) is 4.98 Å². The van der Waals surface area contributed by atoms with Gasteiger partial charge in [-0.2, -0.15) is 0 Å². The highest BCUT2D eigenvalue weighted by atomic mass is 35.5. The first-order chi connectivity index (χ1) is 14.4. The second-order valence-electron chi connectivity index (χ2n) is 8.05. The van der Waals surface area contributed by atoms with E-state index in [1.165, 1.54) is 0 Å². The van der Waals surface area contributed by atoms with Crippen LogP contribution in [0.15, 0.2) is 42.5 Å². The minimum absolute atomic E-state index is 0.0949. The van der Waals surface area contributed by atoms with Gasteiger partial charge >= 0.3 is 0 Å². The molecule has 0 spiro atoms. The van der Waals surface area contributed by atoms with Crippen LogP contribution in [0.1, 0.15) is 41.0 Å². The number of Topliss-reactive ketones (excluding diaryl/α,β-unsaturated/α-hetero) is 1. The highest BCUT2D eigenvalue weighted by Gasteiger charge is 2.29. The van der Waals surface area contributed by atoms with E-state index < -0.39 is 0 Å². The Labute approximate surface area is 181 Å². The maximum atomic E-state index is 13.0. The number of para-hydroxylation sites is 2. The molecule has 0 N–H and O–H groups in total. The Balaban J connectivity index is 1.42. The quantitative estimate of drug-likeness (QED) is 0.553. The summed E-state index contributed by atoms with van der Waals surface area (Å²) in [4.78, 5) is 32.4. The molecule has 0 radical (unpaired) electrons. The van der Waals surface area contributed by atoms with Crippen LogP contribution in [0.5, 0.6) is 0 Å². The van der Waals surface area contributed by atoms with Gasteiger partial charge in [0.15, 0.2) is 5.78 Å². The average Bonchev–Trinajstić information content (AvgIpc) is 3.06. The summed E-state index contributed by atoms with van der Waals surface area (Å²) >= 11 is 6.03. The van der Waals surface area contributed by atoms with Crippen LogP contribution in [-0.4, -0.2) is 39.2 Å². The number of amides is 1. The number of carbonyl (C=O) groups excluding carboxylic acids is 2. The highest BCUT2D eigenvalue weighted by molar-refractivity contribution is 6.30. The van der Waals surface area contributed by atoms with E-state index in [-0.39, 0.29) is 17.6 Å². The Bertz CT molecular complexity index is 1110. The lowest BCUT2D eigenvalue weighted by Gasteiger charge is -2.32. The Morgan fingerprint density at radius 3 is 2.77 bits per heavy atom. The van der Waals surface area contributed by atoms with Crippen LogP contribution < -0.4 is 0 Å². The molecule has 1 aliphatic heterocycles. The zero-order valence-electron chi connectivity index (χ0n) is 17.4. The van der Waals surface area contributed by atoms with E-state index in [0.717, 1.165) is 35.3 Å². The number of aromatic nitrogens is 2. The van der Waals surface area contributed by atoms with E-state index >= 15 is 0 Å². The number of aryl methyl sites for hydroxylation is 3. The van der Waals surface area contributed by atoms with Gasteiger partial charge in [-0.1, -0.05) is 23.7 Å². The molecule has 1 fully saturated rings. The minimum atomic E-state index is -0.154. The van der Waals surface area contributed by atoms with Crippen molar-refractivity contribution in [2.45, 2.75) is 39.7 Å². The van der Waals surface area contributed by atoms with Crippen LogP contribution in [0, 0.1) is 19.8 Å². The number of imidazole rings is 1. The first kappa shape index (κ1) is 20.6. The van der Waals surface area contributed by atoms with Gasteiger partial charge in [0.25, 0.3) is 0 Å². The number of hydrogen-bond acceptors (Lipinski definition) is 3. The number of nitrogens with zero attached hydrogens (tertiary/aromatic N) is 3. The molecule has 3 aromatic rings. The summed E-state index contributed by atoms with van der Waals surface area (Å²) in [6, 6.07) is 13.3. The number of piperidine rings is 1. The molecule has 1 aliphatic rings. The van der Waals surface area contributed by atoms with Crippen LogP contribution in [0.2, 0.25) is 5.02 Å². The van der Waals surface area contributed by atoms with E-state index in [4.69, 9.17) is 11.6 Å². The van der Waals surface area contributed by atoms with E-state index in [9.17, 15) is 9.59 Å². The molecule has 0 bridgehead atoms. The smallest absolute Gasteiger partial charge is 0.224 e. The lowest BCUT2D eigenvalue weighted by molar-refractivity contribution is -0.132. The molecule has 5 nitrogen and oxygen atoms in total. The third-order valence-corrected chi connectivity index (χ3v) is 6.23. The van der Waals surface area contributed by atoms with Gasteiger partial charge in [-0.15, -0.1) is 0 Å². The van der Waals surface area contributed by atoms with Crippen molar-refractivity contribution in [2.24, 2.45) is 5.92 Å². The number of benzene rings is 2. The second kappa shape index (κ2) is 8.60. The van der Waals surface area contributed by atoms with Crippen LogP contribution in [0.25, 0.3) is 11.0 Å². The SMILES string of the molecule is Cc1cc(Cl)ccc1C(=O)[C@H]1CCCN(C(=O)CCn2c(C)nc3ccccc32)C1. The van der Waals surface area contributed by atoms with Crippen molar-refractivity contribution in [1.29, 1.82) is 0 Å². The van der Waals surface area contributed by atoms with Gasteiger partial charge in [0.2, 0.25) is 5.91 Å². The lowest BCUT2D eigenvalue weighted by Crippen LogP contribution is -2.42. The van der Waals surface area contributed by atoms with Crippen molar-refractivity contribution in [3.63, 3.8) is 0 Å². The summed E-state index contributed by atoms with van der Waals surface area (Å²) in [5.74, 6) is 0.961. The Morgan fingerprint density at radius 1 is 1.17 bits per heavy atom. The summed E-state index contributed by atoms with van der Waals surface area (Å²) in [5, 5.41) is 0.631. The number of fused-ring (bicyclic) bond motifs is 1. The summed E-state index contributed by atoms with van der Waals surface area (Å²) in [5.41, 5.74) is 3.59. The molecule has 0 saturated carbocycles. The van der Waals surface area contributed by atoms with Gasteiger partial charge in [0.05, 0.1) is 11.0 Å². The molecule has 2 aromatic carbocycles. The topological polar surface area (TPSA) is 55.2 Å². The fraction of sp³-hybridized carbons (Fsp3) is 0.375. The zero-order valence-corrected chi connectivity index (χ0v) is 18.2. The normalized spacial score (nSPS) is 16.8. The van der Waals surface area contributed by atoms with Crippen molar-refractivity contribution >= 4 is 34.3 Å². The maximum absolute atomic E-state index is 13.0. The van der Waals surface area contributed by atoms with Crippen LogP contribution in [0.3, 0.4) is 0 Å². The third-order valence-electron chi connectivity index (χ3n) is 5.99. The summed E-state index contributed by atoms with van der Waals surface area (Å²) in [7, 11) is 0. The monoisotopic (exact) mass is 423 g/mol. The van der Waals surface area contributed by atoms with Crippen LogP contribution >= 0.6 is 11.6 Å². The van der Waals surface area contributed by atoms with Gasteiger partial charge in [0.1, 0.15) is 5.82 Å². The van der Waals surface area contributed by atoms with Gasteiger partial charge in [0, 0.05) is 42.6 Å². The molecule has 156 valence electrons. The standard InChI is InChI=1S/C24H26ClN3O2/c1-16-14-19(25)9-10-20(16)24(30)18-6-5-12-27(15-18)23(29)11-13-28-17(2)26-21-7-3-4-8-22(21)28/h3-4,7-10,14,18H,5-6,11-13,15H2,1-2H3/t18-/m0/s1. The summed E-state index contributed by atoms with van der Waals surface area (Å²) < 4.78 is 2.09. The lowest BCUT2D eigenvalue weighted by atomic mass is 9.88. The van der Waals surface area contributed by atoms with E-state index in [1.807, 2.05) is 49.1 Å². The van der Waals surface area contributed by atoms with Crippen LogP contribution in [0.4, 0.5) is 0 Å². The molecule has 1 aromatic heterocycles. The molecular formula is C24H26ClN3O2. The largest absolute Gasteiger partial charge is 0.342 e. The molecule has 2 heterocycles. The zero-order chi connectivity index (χ0) is 21.3. The summed E-state index contributed by atoms with van der Waals surface area (Å²) in [6.07, 6.45) is 2.07. The number of hydrogen-bond donors (Lipinski definition) is 0. The molecule has 1 atom stereocenters. The predicted molar refractivity (Wildman–Crippen MR) is 119 cm³/mol. The number of ketones is 1. The van der Waals surface area contributed by atoms with Crippen molar-refractivity contribution in [3.05, 3.63) is 64.4 Å². The first-order valence-corrected chi connectivity index (χ1v) is 10.8. The van der Waals surface area contributed by atoms with Gasteiger partial charge in [-0.3, -0.25) is 9.59 Å². The number of likely N-dealkylation sites (tertiary alicyclic amines) is 1. The van der Waals surface area contributed by atoms with Gasteiger partial charge in [-0.05, 0) is 62.6 Å². The van der Waals surface area contributed by atoms with Gasteiger partial charge < -0.3 is 9.47 Å². The van der Waals surface area contributed by atoms with Crippen LogP contribution in [-0.2, 0) is 11.3 Å². The van der Waals surface area contributed by atoms with E-state index in [0.29, 0.717) is 36.6 Å². The Kier molecular flexibility index (Phi) is 5.91. The molecule has 30 heavy (non-hydrogen) atoms. The average molecular weight is 424 g/mol. The minimum Gasteiger partial charge on any atom is -0.342 e. The molecular weight excluding hydrogens is 398 g/mol. The molecule has 6 heteroatoms.